The summed E-state index contributed by atoms with van der Waals surface area (Å²) in [5, 5.41) is 2.96. The first-order chi connectivity index (χ1) is 16.2. The van der Waals surface area contributed by atoms with Gasteiger partial charge in [-0.1, -0.05) is 67.3 Å². The predicted octanol–water partition coefficient (Wildman–Crippen LogP) is 3.24. The van der Waals surface area contributed by atoms with E-state index in [9.17, 15) is 18.0 Å². The molecule has 0 aromatic heterocycles. The molecule has 0 bridgehead atoms. The van der Waals surface area contributed by atoms with Gasteiger partial charge in [0.2, 0.25) is 21.8 Å². The molecule has 1 atom stereocenters. The number of nitrogens with one attached hydrogen (secondary N) is 1. The second-order valence-electron chi connectivity index (χ2n) is 9.58. The lowest BCUT2D eigenvalue weighted by atomic mass is 9.87. The Bertz CT molecular complexity index is 1130. The number of sulfonamides is 1. The lowest BCUT2D eigenvalue weighted by molar-refractivity contribution is -0.157. The van der Waals surface area contributed by atoms with Gasteiger partial charge in [-0.2, -0.15) is 4.31 Å². The van der Waals surface area contributed by atoms with Crippen LogP contribution in [-0.2, 0) is 26.2 Å². The van der Waals surface area contributed by atoms with Crippen molar-refractivity contribution in [2.45, 2.75) is 69.0 Å². The molecule has 1 saturated heterocycles. The van der Waals surface area contributed by atoms with Gasteiger partial charge in [0.1, 0.15) is 5.54 Å². The Hall–Kier alpha value is -2.71. The zero-order valence-electron chi connectivity index (χ0n) is 19.9. The molecule has 2 aromatic carbocycles. The highest BCUT2D eigenvalue weighted by Crippen LogP contribution is 2.34. The van der Waals surface area contributed by atoms with Crippen molar-refractivity contribution in [1.29, 1.82) is 0 Å². The molecule has 7 nitrogen and oxygen atoms in total. The lowest BCUT2D eigenvalue weighted by Gasteiger charge is -2.51. The van der Waals surface area contributed by atoms with Crippen molar-refractivity contribution in [3.63, 3.8) is 0 Å². The molecule has 2 amide bonds. The Morgan fingerprint density at radius 1 is 1.03 bits per heavy atom. The number of aryl methyl sites for hydroxylation is 1. The van der Waals surface area contributed by atoms with Gasteiger partial charge in [0.05, 0.1) is 11.4 Å². The summed E-state index contributed by atoms with van der Waals surface area (Å²) in [5.74, 6) is -0.648. The zero-order chi connectivity index (χ0) is 24.3. The van der Waals surface area contributed by atoms with Crippen LogP contribution in [0.5, 0.6) is 0 Å². The molecule has 1 saturated carbocycles. The molecule has 2 aliphatic rings. The average molecular weight is 484 g/mol. The second kappa shape index (κ2) is 9.88. The van der Waals surface area contributed by atoms with Crippen molar-refractivity contribution in [2.24, 2.45) is 0 Å². The van der Waals surface area contributed by atoms with Crippen LogP contribution < -0.4 is 5.32 Å². The number of amides is 2. The van der Waals surface area contributed by atoms with E-state index < -0.39 is 15.6 Å². The lowest BCUT2D eigenvalue weighted by Crippen LogP contribution is -2.71. The maximum Gasteiger partial charge on any atom is 0.247 e. The smallest absolute Gasteiger partial charge is 0.247 e. The Labute approximate surface area is 202 Å². The summed E-state index contributed by atoms with van der Waals surface area (Å²) in [6.45, 7) is 3.57. The summed E-state index contributed by atoms with van der Waals surface area (Å²) in [6.07, 6.45) is 4.78. The first-order valence-corrected chi connectivity index (χ1v) is 13.4. The third kappa shape index (κ3) is 4.88. The first kappa shape index (κ1) is 24.4. The van der Waals surface area contributed by atoms with Gasteiger partial charge in [-0.25, -0.2) is 8.42 Å². The van der Waals surface area contributed by atoms with Crippen LogP contribution >= 0.6 is 0 Å². The van der Waals surface area contributed by atoms with Gasteiger partial charge in [0, 0.05) is 19.1 Å². The highest BCUT2D eigenvalue weighted by atomic mass is 32.2. The molecule has 2 aromatic rings. The minimum absolute atomic E-state index is 0.0574. The van der Waals surface area contributed by atoms with E-state index >= 15 is 0 Å². The molecule has 1 aliphatic carbocycles. The Balaban J connectivity index is 1.64. The molecule has 1 unspecified atom stereocenters. The third-order valence-corrected chi connectivity index (χ3v) is 8.79. The fourth-order valence-electron chi connectivity index (χ4n) is 5.10. The molecular formula is C26H33N3O4S. The van der Waals surface area contributed by atoms with Crippen molar-refractivity contribution >= 4 is 21.8 Å². The molecule has 8 heteroatoms. The van der Waals surface area contributed by atoms with Crippen LogP contribution in [0.3, 0.4) is 0 Å². The topological polar surface area (TPSA) is 86.8 Å². The summed E-state index contributed by atoms with van der Waals surface area (Å²) in [6, 6.07) is 16.1. The van der Waals surface area contributed by atoms with Crippen LogP contribution in [0.15, 0.2) is 59.5 Å². The molecule has 0 radical (unpaired) electrons. The van der Waals surface area contributed by atoms with Crippen LogP contribution in [0.2, 0.25) is 0 Å². The number of piperazine rings is 1. The standard InChI is InChI=1S/C26H33N3O4S/c1-20-13-15-23(16-14-20)34(32,33)28-18-24(30)29(22-11-7-4-8-12-22)26(2,19-28)25(31)27-17-21-9-5-3-6-10-21/h3,5-6,9-10,13-16,22H,4,7-8,11-12,17-19H2,1-2H3,(H,27,31). The van der Waals surface area contributed by atoms with Crippen LogP contribution in [0.1, 0.15) is 50.2 Å². The van der Waals surface area contributed by atoms with Gasteiger partial charge in [-0.15, -0.1) is 0 Å². The maximum absolute atomic E-state index is 13.6. The normalized spacial score (nSPS) is 22.5. The number of benzene rings is 2. The van der Waals surface area contributed by atoms with Crippen molar-refractivity contribution < 1.29 is 18.0 Å². The van der Waals surface area contributed by atoms with Crippen molar-refractivity contribution in [3.8, 4) is 0 Å². The predicted molar refractivity (Wildman–Crippen MR) is 130 cm³/mol. The van der Waals surface area contributed by atoms with E-state index in [0.717, 1.165) is 43.2 Å². The summed E-state index contributed by atoms with van der Waals surface area (Å²) < 4.78 is 28.0. The molecule has 1 heterocycles. The van der Waals surface area contributed by atoms with Gasteiger partial charge >= 0.3 is 0 Å². The Morgan fingerprint density at radius 2 is 1.68 bits per heavy atom. The molecular weight excluding hydrogens is 450 g/mol. The summed E-state index contributed by atoms with van der Waals surface area (Å²) in [5.41, 5.74) is 0.585. The van der Waals surface area contributed by atoms with Gasteiger partial charge < -0.3 is 10.2 Å². The van der Waals surface area contributed by atoms with Crippen LogP contribution in [0.25, 0.3) is 0 Å². The maximum atomic E-state index is 13.6. The SMILES string of the molecule is Cc1ccc(S(=O)(=O)N2CC(=O)N(C3CCCCC3)C(C)(C(=O)NCc3ccccc3)C2)cc1. The van der Waals surface area contributed by atoms with E-state index in [1.165, 1.54) is 4.31 Å². The average Bonchev–Trinajstić information content (AvgIpc) is 2.83. The number of carbonyl (C=O) groups excluding carboxylic acids is 2. The fourth-order valence-corrected chi connectivity index (χ4v) is 6.58. The van der Waals surface area contributed by atoms with E-state index in [1.54, 1.807) is 36.1 Å². The van der Waals surface area contributed by atoms with Gasteiger partial charge in [-0.3, -0.25) is 9.59 Å². The second-order valence-corrected chi connectivity index (χ2v) is 11.5. The highest BCUT2D eigenvalue weighted by molar-refractivity contribution is 7.89. The number of carbonyl (C=O) groups is 2. The van der Waals surface area contributed by atoms with Gasteiger partial charge in [0.15, 0.2) is 0 Å². The summed E-state index contributed by atoms with van der Waals surface area (Å²) in [7, 11) is -3.93. The van der Waals surface area contributed by atoms with Crippen LogP contribution in [-0.4, -0.2) is 54.1 Å². The number of nitrogens with zero attached hydrogens (tertiary/aromatic N) is 2. The molecule has 182 valence electrons. The third-order valence-electron chi connectivity index (χ3n) is 6.98. The van der Waals surface area contributed by atoms with E-state index in [-0.39, 0.29) is 35.8 Å². The largest absolute Gasteiger partial charge is 0.350 e. The van der Waals surface area contributed by atoms with E-state index in [4.69, 9.17) is 0 Å². The van der Waals surface area contributed by atoms with Crippen molar-refractivity contribution in [1.82, 2.24) is 14.5 Å². The quantitative estimate of drug-likeness (QED) is 0.683. The molecule has 2 fully saturated rings. The van der Waals surface area contributed by atoms with Crippen LogP contribution in [0, 0.1) is 6.92 Å². The van der Waals surface area contributed by atoms with E-state index in [2.05, 4.69) is 5.32 Å². The molecule has 0 spiro atoms. The fraction of sp³-hybridized carbons (Fsp3) is 0.462. The number of hydrogen-bond donors (Lipinski definition) is 1. The van der Waals surface area contributed by atoms with Crippen molar-refractivity contribution in [2.75, 3.05) is 13.1 Å². The molecule has 1 aliphatic heterocycles. The monoisotopic (exact) mass is 483 g/mol. The van der Waals surface area contributed by atoms with Crippen molar-refractivity contribution in [3.05, 3.63) is 65.7 Å². The van der Waals surface area contributed by atoms with Crippen LogP contribution in [0.4, 0.5) is 0 Å². The number of rotatable bonds is 6. The molecule has 34 heavy (non-hydrogen) atoms. The van der Waals surface area contributed by atoms with Gasteiger partial charge in [0.25, 0.3) is 0 Å². The zero-order valence-corrected chi connectivity index (χ0v) is 20.7. The minimum atomic E-state index is -3.93. The minimum Gasteiger partial charge on any atom is -0.350 e. The summed E-state index contributed by atoms with van der Waals surface area (Å²) in [4.78, 5) is 28.9. The van der Waals surface area contributed by atoms with E-state index in [1.807, 2.05) is 37.3 Å². The van der Waals surface area contributed by atoms with Gasteiger partial charge in [-0.05, 0) is 44.4 Å². The van der Waals surface area contributed by atoms with E-state index in [0.29, 0.717) is 6.54 Å². The Morgan fingerprint density at radius 3 is 2.32 bits per heavy atom. The highest BCUT2D eigenvalue weighted by Gasteiger charge is 2.52. The molecule has 1 N–H and O–H groups in total. The summed E-state index contributed by atoms with van der Waals surface area (Å²) >= 11 is 0. The number of hydrogen-bond acceptors (Lipinski definition) is 4. The molecule has 4 rings (SSSR count). The first-order valence-electron chi connectivity index (χ1n) is 11.9. The Kier molecular flexibility index (Phi) is 7.09.